The van der Waals surface area contributed by atoms with E-state index in [9.17, 15) is 14.4 Å². The average molecular weight is 390 g/mol. The van der Waals surface area contributed by atoms with Gasteiger partial charge in [-0.15, -0.1) is 0 Å². The summed E-state index contributed by atoms with van der Waals surface area (Å²) in [6.07, 6.45) is 6.36. The number of pyridine rings is 1. The number of hydrogen-bond donors (Lipinski definition) is 1. The molecule has 0 unspecified atom stereocenters. The van der Waals surface area contributed by atoms with Crippen molar-refractivity contribution in [1.29, 1.82) is 0 Å². The standard InChI is InChI=1S/C21H18N4O4/c1-13-10-15(14(2)25(13)16-5-7-22-8-6-16)11-18-19(26)23-21(28)24(20(18)27)12-17-4-3-9-29-17/h3-11H,12H2,1-2H3,(H,23,26,28). The molecule has 0 atom stereocenters. The van der Waals surface area contributed by atoms with E-state index in [2.05, 4.69) is 10.3 Å². The molecule has 0 bridgehead atoms. The van der Waals surface area contributed by atoms with Crippen molar-refractivity contribution >= 4 is 23.9 Å². The molecule has 3 aromatic heterocycles. The molecule has 146 valence electrons. The van der Waals surface area contributed by atoms with Crippen molar-refractivity contribution in [2.24, 2.45) is 0 Å². The zero-order valence-electron chi connectivity index (χ0n) is 15.9. The third-order valence-electron chi connectivity index (χ3n) is 4.77. The Labute approximate surface area is 166 Å². The van der Waals surface area contributed by atoms with E-state index in [1.165, 1.54) is 12.3 Å². The molecule has 1 saturated heterocycles. The molecule has 1 fully saturated rings. The number of nitrogens with zero attached hydrogens (tertiary/aromatic N) is 3. The van der Waals surface area contributed by atoms with Gasteiger partial charge in [0.1, 0.15) is 11.3 Å². The summed E-state index contributed by atoms with van der Waals surface area (Å²) < 4.78 is 7.22. The van der Waals surface area contributed by atoms with Gasteiger partial charge in [0, 0.05) is 29.5 Å². The lowest BCUT2D eigenvalue weighted by Gasteiger charge is -2.25. The van der Waals surface area contributed by atoms with Crippen LogP contribution in [0, 0.1) is 13.8 Å². The lowest BCUT2D eigenvalue weighted by Crippen LogP contribution is -2.53. The molecule has 8 nitrogen and oxygen atoms in total. The SMILES string of the molecule is Cc1cc(C=C2C(=O)NC(=O)N(Cc3ccco3)C2=O)c(C)n1-c1ccncc1. The van der Waals surface area contributed by atoms with Gasteiger partial charge in [0.2, 0.25) is 0 Å². The van der Waals surface area contributed by atoms with Crippen LogP contribution >= 0.6 is 0 Å². The van der Waals surface area contributed by atoms with Crippen LogP contribution in [0.2, 0.25) is 0 Å². The van der Waals surface area contributed by atoms with Crippen molar-refractivity contribution in [2.75, 3.05) is 0 Å². The van der Waals surface area contributed by atoms with Gasteiger partial charge in [0.15, 0.2) is 0 Å². The number of aryl methyl sites for hydroxylation is 1. The molecule has 1 aliphatic heterocycles. The maximum Gasteiger partial charge on any atom is 0.331 e. The van der Waals surface area contributed by atoms with Gasteiger partial charge in [-0.05, 0) is 55.8 Å². The first-order valence-corrected chi connectivity index (χ1v) is 8.96. The summed E-state index contributed by atoms with van der Waals surface area (Å²) in [6.45, 7) is 3.78. The zero-order chi connectivity index (χ0) is 20.5. The second-order valence-corrected chi connectivity index (χ2v) is 6.66. The van der Waals surface area contributed by atoms with Gasteiger partial charge in [-0.1, -0.05) is 0 Å². The Bertz CT molecular complexity index is 1130. The predicted octanol–water partition coefficient (Wildman–Crippen LogP) is 2.74. The first-order chi connectivity index (χ1) is 14.0. The van der Waals surface area contributed by atoms with E-state index in [1.54, 1.807) is 24.5 Å². The van der Waals surface area contributed by atoms with Crippen molar-refractivity contribution in [3.05, 3.63) is 77.3 Å². The highest BCUT2D eigenvalue weighted by atomic mass is 16.3. The van der Waals surface area contributed by atoms with Crippen LogP contribution in [-0.4, -0.2) is 32.3 Å². The summed E-state index contributed by atoms with van der Waals surface area (Å²) in [5.41, 5.74) is 3.33. The van der Waals surface area contributed by atoms with Crippen LogP contribution < -0.4 is 5.32 Å². The quantitative estimate of drug-likeness (QED) is 0.546. The summed E-state index contributed by atoms with van der Waals surface area (Å²) in [6, 6.07) is 8.19. The number of carbonyl (C=O) groups excluding carboxylic acids is 3. The minimum Gasteiger partial charge on any atom is -0.467 e. The Hall–Kier alpha value is -3.94. The Balaban J connectivity index is 1.71. The highest BCUT2D eigenvalue weighted by Crippen LogP contribution is 2.24. The Morgan fingerprint density at radius 1 is 1.14 bits per heavy atom. The lowest BCUT2D eigenvalue weighted by atomic mass is 10.1. The van der Waals surface area contributed by atoms with Crippen LogP contribution in [0.25, 0.3) is 11.8 Å². The third-order valence-corrected chi connectivity index (χ3v) is 4.77. The fourth-order valence-electron chi connectivity index (χ4n) is 3.38. The molecule has 0 aromatic carbocycles. The number of rotatable bonds is 4. The van der Waals surface area contributed by atoms with Crippen molar-refractivity contribution in [3.63, 3.8) is 0 Å². The number of amides is 4. The Morgan fingerprint density at radius 2 is 1.90 bits per heavy atom. The van der Waals surface area contributed by atoms with Gasteiger partial charge >= 0.3 is 6.03 Å². The first-order valence-electron chi connectivity index (χ1n) is 8.96. The van der Waals surface area contributed by atoms with E-state index in [0.717, 1.165) is 22.0 Å². The molecule has 0 radical (unpaired) electrons. The molecular formula is C21H18N4O4. The van der Waals surface area contributed by atoms with Gasteiger partial charge in [0.25, 0.3) is 11.8 Å². The molecule has 4 amide bonds. The van der Waals surface area contributed by atoms with Crippen LogP contribution in [-0.2, 0) is 16.1 Å². The molecule has 1 N–H and O–H groups in total. The summed E-state index contributed by atoms with van der Waals surface area (Å²) >= 11 is 0. The number of aromatic nitrogens is 2. The minimum absolute atomic E-state index is 0.0572. The summed E-state index contributed by atoms with van der Waals surface area (Å²) in [5.74, 6) is -0.939. The minimum atomic E-state index is -0.768. The van der Waals surface area contributed by atoms with E-state index in [0.29, 0.717) is 11.3 Å². The molecule has 0 aliphatic carbocycles. The Kier molecular flexibility index (Phi) is 4.59. The molecule has 4 heterocycles. The lowest BCUT2D eigenvalue weighted by molar-refractivity contribution is -0.130. The summed E-state index contributed by atoms with van der Waals surface area (Å²) in [7, 11) is 0. The van der Waals surface area contributed by atoms with Crippen molar-refractivity contribution in [3.8, 4) is 5.69 Å². The van der Waals surface area contributed by atoms with E-state index >= 15 is 0 Å². The van der Waals surface area contributed by atoms with Gasteiger partial charge in [-0.25, -0.2) is 4.79 Å². The molecular weight excluding hydrogens is 372 g/mol. The number of furan rings is 1. The van der Waals surface area contributed by atoms with Gasteiger partial charge in [0.05, 0.1) is 12.8 Å². The highest BCUT2D eigenvalue weighted by Gasteiger charge is 2.36. The molecule has 1 aliphatic rings. The molecule has 29 heavy (non-hydrogen) atoms. The van der Waals surface area contributed by atoms with Crippen molar-refractivity contribution in [1.82, 2.24) is 19.8 Å². The number of barbiturate groups is 1. The van der Waals surface area contributed by atoms with Crippen LogP contribution in [0.1, 0.15) is 22.7 Å². The second-order valence-electron chi connectivity index (χ2n) is 6.66. The molecule has 0 saturated carbocycles. The predicted molar refractivity (Wildman–Crippen MR) is 104 cm³/mol. The van der Waals surface area contributed by atoms with Crippen molar-refractivity contribution in [2.45, 2.75) is 20.4 Å². The smallest absolute Gasteiger partial charge is 0.331 e. The van der Waals surface area contributed by atoms with E-state index in [4.69, 9.17) is 4.42 Å². The molecule has 0 spiro atoms. The molecule has 8 heteroatoms. The maximum atomic E-state index is 12.9. The van der Waals surface area contributed by atoms with E-state index in [1.807, 2.05) is 36.6 Å². The van der Waals surface area contributed by atoms with Crippen LogP contribution in [0.5, 0.6) is 0 Å². The number of carbonyl (C=O) groups is 3. The van der Waals surface area contributed by atoms with Gasteiger partial charge in [-0.3, -0.25) is 24.8 Å². The van der Waals surface area contributed by atoms with E-state index < -0.39 is 17.8 Å². The fraction of sp³-hybridized carbons (Fsp3) is 0.143. The maximum absolute atomic E-state index is 12.9. The van der Waals surface area contributed by atoms with Crippen LogP contribution in [0.3, 0.4) is 0 Å². The largest absolute Gasteiger partial charge is 0.467 e. The highest BCUT2D eigenvalue weighted by molar-refractivity contribution is 6.31. The first kappa shape index (κ1) is 18.4. The molecule has 4 rings (SSSR count). The normalized spacial score (nSPS) is 15.9. The van der Waals surface area contributed by atoms with Crippen LogP contribution in [0.4, 0.5) is 4.79 Å². The summed E-state index contributed by atoms with van der Waals surface area (Å²) in [5, 5.41) is 2.22. The van der Waals surface area contributed by atoms with Crippen molar-refractivity contribution < 1.29 is 18.8 Å². The Morgan fingerprint density at radius 3 is 2.59 bits per heavy atom. The third kappa shape index (κ3) is 3.36. The topological polar surface area (TPSA) is 97.4 Å². The summed E-state index contributed by atoms with van der Waals surface area (Å²) in [4.78, 5) is 42.3. The number of urea groups is 1. The number of nitrogens with one attached hydrogen (secondary N) is 1. The fourth-order valence-corrected chi connectivity index (χ4v) is 3.38. The monoisotopic (exact) mass is 390 g/mol. The van der Waals surface area contributed by atoms with Gasteiger partial charge < -0.3 is 8.98 Å². The number of hydrogen-bond acceptors (Lipinski definition) is 5. The second kappa shape index (κ2) is 7.23. The average Bonchev–Trinajstić information content (AvgIpc) is 3.30. The molecule has 3 aromatic rings. The van der Waals surface area contributed by atoms with Crippen LogP contribution in [0.15, 0.2) is 59.0 Å². The van der Waals surface area contributed by atoms with Gasteiger partial charge in [-0.2, -0.15) is 0 Å². The van der Waals surface area contributed by atoms with E-state index in [-0.39, 0.29) is 12.1 Å². The zero-order valence-corrected chi connectivity index (χ0v) is 15.9. The number of imide groups is 2.